The number of rotatable bonds is 3. The number of aromatic amines is 1. The summed E-state index contributed by atoms with van der Waals surface area (Å²) >= 11 is 0. The summed E-state index contributed by atoms with van der Waals surface area (Å²) in [5, 5.41) is 14.9. The van der Waals surface area contributed by atoms with Gasteiger partial charge >= 0.3 is 0 Å². The zero-order valence-electron chi connectivity index (χ0n) is 13.7. The summed E-state index contributed by atoms with van der Waals surface area (Å²) in [4.78, 5) is 12.1. The largest absolute Gasteiger partial charge is 0.309 e. The molecule has 0 radical (unpaired) electrons. The van der Waals surface area contributed by atoms with Gasteiger partial charge in [0.1, 0.15) is 0 Å². The van der Waals surface area contributed by atoms with Gasteiger partial charge < -0.3 is 5.32 Å². The highest BCUT2D eigenvalue weighted by Gasteiger charge is 2.33. The number of aryl methyl sites for hydroxylation is 1. The van der Waals surface area contributed by atoms with Crippen LogP contribution >= 0.6 is 0 Å². The average molecular weight is 321 g/mol. The molecule has 0 spiro atoms. The monoisotopic (exact) mass is 321 g/mol. The summed E-state index contributed by atoms with van der Waals surface area (Å²) in [6.07, 6.45) is 0.398. The molecule has 4 rings (SSSR count). The first-order chi connectivity index (χ1) is 11.6. The van der Waals surface area contributed by atoms with Crippen LogP contribution in [0.1, 0.15) is 40.5 Å². The van der Waals surface area contributed by atoms with E-state index in [1.807, 2.05) is 35.9 Å². The summed E-state index contributed by atoms with van der Waals surface area (Å²) in [5.74, 6) is 0.589. The maximum atomic E-state index is 12.1. The predicted octanol–water partition coefficient (Wildman–Crippen LogP) is 2.75. The van der Waals surface area contributed by atoms with Crippen molar-refractivity contribution in [1.82, 2.24) is 20.0 Å². The van der Waals surface area contributed by atoms with Crippen molar-refractivity contribution in [2.45, 2.75) is 32.7 Å². The molecule has 1 unspecified atom stereocenters. The van der Waals surface area contributed by atoms with Gasteiger partial charge in [0.25, 0.3) is 0 Å². The second-order valence-electron chi connectivity index (χ2n) is 6.27. The minimum Gasteiger partial charge on any atom is -0.309 e. The Labute approximate surface area is 139 Å². The quantitative estimate of drug-likeness (QED) is 0.779. The minimum absolute atomic E-state index is 0.0162. The van der Waals surface area contributed by atoms with E-state index in [1.54, 1.807) is 0 Å². The number of hydrogen-bond donors (Lipinski definition) is 2. The van der Waals surface area contributed by atoms with Gasteiger partial charge in [0, 0.05) is 29.3 Å². The molecule has 1 aliphatic heterocycles. The van der Waals surface area contributed by atoms with Gasteiger partial charge in [-0.05, 0) is 25.5 Å². The van der Waals surface area contributed by atoms with Crippen molar-refractivity contribution in [3.05, 3.63) is 64.6 Å². The molecule has 3 heterocycles. The van der Waals surface area contributed by atoms with E-state index in [-0.39, 0.29) is 11.8 Å². The van der Waals surface area contributed by atoms with Gasteiger partial charge in [0.15, 0.2) is 5.82 Å². The number of fused-ring (bicyclic) bond motifs is 1. The summed E-state index contributed by atoms with van der Waals surface area (Å²) in [6, 6.07) is 12.2. The number of benzene rings is 1. The molecule has 2 N–H and O–H groups in total. The Balaban J connectivity index is 1.75. The molecular formula is C18H19N5O. The number of anilines is 1. The van der Waals surface area contributed by atoms with Crippen LogP contribution < -0.4 is 5.32 Å². The first-order valence-electron chi connectivity index (χ1n) is 8.05. The Morgan fingerprint density at radius 1 is 1.25 bits per heavy atom. The van der Waals surface area contributed by atoms with Crippen LogP contribution in [0.5, 0.6) is 0 Å². The van der Waals surface area contributed by atoms with Gasteiger partial charge in [-0.1, -0.05) is 30.3 Å². The number of aromatic nitrogens is 4. The van der Waals surface area contributed by atoms with Gasteiger partial charge in [0.2, 0.25) is 5.91 Å². The van der Waals surface area contributed by atoms with Crippen LogP contribution in [0.4, 0.5) is 5.82 Å². The lowest BCUT2D eigenvalue weighted by Gasteiger charge is -2.20. The molecule has 6 heteroatoms. The molecule has 1 aromatic carbocycles. The summed E-state index contributed by atoms with van der Waals surface area (Å²) in [7, 11) is 0. The van der Waals surface area contributed by atoms with Crippen LogP contribution in [-0.4, -0.2) is 25.9 Å². The number of nitrogens with one attached hydrogen (secondary N) is 2. The van der Waals surface area contributed by atoms with E-state index in [9.17, 15) is 4.79 Å². The van der Waals surface area contributed by atoms with Crippen LogP contribution in [0, 0.1) is 13.8 Å². The fourth-order valence-corrected chi connectivity index (χ4v) is 3.32. The third kappa shape index (κ3) is 2.50. The highest BCUT2D eigenvalue weighted by molar-refractivity contribution is 5.94. The Morgan fingerprint density at radius 3 is 2.75 bits per heavy atom. The summed E-state index contributed by atoms with van der Waals surface area (Å²) in [6.45, 7) is 4.70. The number of H-pyrrole nitrogens is 1. The molecule has 2 aromatic heterocycles. The van der Waals surface area contributed by atoms with Crippen LogP contribution in [0.15, 0.2) is 36.4 Å². The molecule has 1 aliphatic rings. The number of hydrogen-bond acceptors (Lipinski definition) is 3. The lowest BCUT2D eigenvalue weighted by Crippen LogP contribution is -2.23. The van der Waals surface area contributed by atoms with Gasteiger partial charge in [-0.2, -0.15) is 10.2 Å². The van der Waals surface area contributed by atoms with Crippen molar-refractivity contribution < 1.29 is 4.79 Å². The van der Waals surface area contributed by atoms with E-state index >= 15 is 0 Å². The summed E-state index contributed by atoms with van der Waals surface area (Å²) < 4.78 is 1.96. The Bertz CT molecular complexity index is 894. The van der Waals surface area contributed by atoms with Crippen LogP contribution in [-0.2, 0) is 11.3 Å². The van der Waals surface area contributed by atoms with Gasteiger partial charge in [-0.25, -0.2) is 0 Å². The molecule has 0 saturated heterocycles. The highest BCUT2D eigenvalue weighted by atomic mass is 16.1. The van der Waals surface area contributed by atoms with Crippen LogP contribution in [0.25, 0.3) is 0 Å². The lowest BCUT2D eigenvalue weighted by molar-refractivity contribution is -0.116. The van der Waals surface area contributed by atoms with Crippen molar-refractivity contribution in [3.8, 4) is 0 Å². The Hall–Kier alpha value is -2.89. The topological polar surface area (TPSA) is 75.6 Å². The van der Waals surface area contributed by atoms with Crippen molar-refractivity contribution in [2.75, 3.05) is 5.32 Å². The van der Waals surface area contributed by atoms with Gasteiger partial charge in [-0.3, -0.25) is 14.6 Å². The molecule has 0 bridgehead atoms. The second kappa shape index (κ2) is 5.63. The Kier molecular flexibility index (Phi) is 3.45. The fourth-order valence-electron chi connectivity index (χ4n) is 3.32. The molecule has 122 valence electrons. The predicted molar refractivity (Wildman–Crippen MR) is 90.9 cm³/mol. The maximum absolute atomic E-state index is 12.1. The number of nitrogens with zero attached hydrogens (tertiary/aromatic N) is 3. The van der Waals surface area contributed by atoms with E-state index in [0.717, 1.165) is 22.6 Å². The van der Waals surface area contributed by atoms with Gasteiger partial charge in [-0.15, -0.1) is 0 Å². The zero-order valence-corrected chi connectivity index (χ0v) is 13.7. The fraction of sp³-hybridized carbons (Fsp3) is 0.278. The number of carbonyl (C=O) groups excluding carboxylic acids is 1. The maximum Gasteiger partial charge on any atom is 0.226 e. The molecule has 0 saturated carbocycles. The first-order valence-corrected chi connectivity index (χ1v) is 8.05. The molecule has 1 atom stereocenters. The average Bonchev–Trinajstić information content (AvgIpc) is 3.12. The highest BCUT2D eigenvalue weighted by Crippen LogP contribution is 2.38. The molecule has 3 aromatic rings. The van der Waals surface area contributed by atoms with Crippen molar-refractivity contribution >= 4 is 11.7 Å². The van der Waals surface area contributed by atoms with E-state index in [1.165, 1.54) is 5.56 Å². The third-order valence-electron chi connectivity index (χ3n) is 4.51. The minimum atomic E-state index is -0.0526. The SMILES string of the molecule is Cc1cc(C2CC(=O)Nc3nn(Cc4ccccc4)c(C)c32)n[nH]1. The third-order valence-corrected chi connectivity index (χ3v) is 4.51. The second-order valence-corrected chi connectivity index (χ2v) is 6.27. The summed E-state index contributed by atoms with van der Waals surface area (Å²) in [5.41, 5.74) is 5.20. The van der Waals surface area contributed by atoms with E-state index in [0.29, 0.717) is 18.8 Å². The van der Waals surface area contributed by atoms with Crippen LogP contribution in [0.3, 0.4) is 0 Å². The first kappa shape index (κ1) is 14.7. The van der Waals surface area contributed by atoms with Gasteiger partial charge in [0.05, 0.1) is 12.2 Å². The van der Waals surface area contributed by atoms with Crippen LogP contribution in [0.2, 0.25) is 0 Å². The number of carbonyl (C=O) groups is 1. The molecule has 0 aliphatic carbocycles. The van der Waals surface area contributed by atoms with Crippen molar-refractivity contribution in [1.29, 1.82) is 0 Å². The zero-order chi connectivity index (χ0) is 16.7. The molecule has 0 fully saturated rings. The number of amides is 1. The normalized spacial score (nSPS) is 16.8. The molecular weight excluding hydrogens is 302 g/mol. The van der Waals surface area contributed by atoms with E-state index in [2.05, 4.69) is 39.7 Å². The lowest BCUT2D eigenvalue weighted by atomic mass is 9.89. The Morgan fingerprint density at radius 2 is 2.04 bits per heavy atom. The van der Waals surface area contributed by atoms with E-state index in [4.69, 9.17) is 0 Å². The van der Waals surface area contributed by atoms with E-state index < -0.39 is 0 Å². The van der Waals surface area contributed by atoms with Crippen molar-refractivity contribution in [2.24, 2.45) is 0 Å². The molecule has 1 amide bonds. The standard InChI is InChI=1S/C18H19N5O/c1-11-8-15(21-20-11)14-9-16(24)19-18-17(14)12(2)23(22-18)10-13-6-4-3-5-7-13/h3-8,14H,9-10H2,1-2H3,(H,20,21)(H,19,22,24). The smallest absolute Gasteiger partial charge is 0.226 e. The molecule has 24 heavy (non-hydrogen) atoms. The van der Waals surface area contributed by atoms with Crippen molar-refractivity contribution in [3.63, 3.8) is 0 Å². The molecule has 6 nitrogen and oxygen atoms in total.